The molecule has 1 unspecified atom stereocenters. The van der Waals surface area contributed by atoms with E-state index in [0.717, 1.165) is 57.6 Å². The Balaban J connectivity index is 1.68. The van der Waals surface area contributed by atoms with Gasteiger partial charge in [-0.2, -0.15) is 0 Å². The zero-order valence-electron chi connectivity index (χ0n) is 15.2. The molecule has 1 amide bonds. The summed E-state index contributed by atoms with van der Waals surface area (Å²) in [6.07, 6.45) is 5.09. The predicted octanol–water partition coefficient (Wildman–Crippen LogP) is 2.39. The van der Waals surface area contributed by atoms with E-state index in [2.05, 4.69) is 22.8 Å². The number of hydrogen-bond acceptors (Lipinski definition) is 4. The molecule has 25 heavy (non-hydrogen) atoms. The van der Waals surface area contributed by atoms with Gasteiger partial charge in [-0.25, -0.2) is 0 Å². The smallest absolute Gasteiger partial charge is 0.237 e. The Morgan fingerprint density at radius 1 is 1.28 bits per heavy atom. The van der Waals surface area contributed by atoms with Crippen LogP contribution in [0.15, 0.2) is 24.3 Å². The van der Waals surface area contributed by atoms with E-state index in [9.17, 15) is 4.79 Å². The molecule has 1 aromatic rings. The van der Waals surface area contributed by atoms with Crippen molar-refractivity contribution in [3.05, 3.63) is 29.8 Å². The maximum atomic E-state index is 12.5. The lowest BCUT2D eigenvalue weighted by atomic mass is 9.74. The molecule has 0 aromatic heterocycles. The summed E-state index contributed by atoms with van der Waals surface area (Å²) in [7, 11) is 0. The number of benzene rings is 1. The molecule has 2 N–H and O–H groups in total. The van der Waals surface area contributed by atoms with Crippen molar-refractivity contribution >= 4 is 5.91 Å². The van der Waals surface area contributed by atoms with Crippen LogP contribution in [-0.2, 0) is 14.9 Å². The summed E-state index contributed by atoms with van der Waals surface area (Å²) in [5.41, 5.74) is 1.21. The van der Waals surface area contributed by atoms with Gasteiger partial charge in [-0.1, -0.05) is 18.6 Å². The third kappa shape index (κ3) is 4.53. The van der Waals surface area contributed by atoms with E-state index in [1.807, 2.05) is 19.1 Å². The van der Waals surface area contributed by atoms with Crippen LogP contribution < -0.4 is 15.4 Å². The minimum atomic E-state index is -0.0483. The molecule has 0 spiro atoms. The Labute approximate surface area is 150 Å². The van der Waals surface area contributed by atoms with E-state index in [1.54, 1.807) is 0 Å². The van der Waals surface area contributed by atoms with Gasteiger partial charge in [0.2, 0.25) is 5.91 Å². The fraction of sp³-hybridized carbons (Fsp3) is 0.650. The number of amides is 1. The maximum absolute atomic E-state index is 12.5. The van der Waals surface area contributed by atoms with Gasteiger partial charge in [0, 0.05) is 25.2 Å². The third-order valence-electron chi connectivity index (χ3n) is 5.46. The summed E-state index contributed by atoms with van der Waals surface area (Å²) in [5.74, 6) is 1.03. The Morgan fingerprint density at radius 3 is 2.68 bits per heavy atom. The molecule has 5 nitrogen and oxygen atoms in total. The van der Waals surface area contributed by atoms with Crippen molar-refractivity contribution in [3.8, 4) is 5.75 Å². The van der Waals surface area contributed by atoms with E-state index in [-0.39, 0.29) is 17.4 Å². The number of carbonyl (C=O) groups excluding carboxylic acids is 1. The molecule has 0 radical (unpaired) electrons. The SMILES string of the molecule is CCOc1ccc(C2(CNC(=O)C3CCCCN3)CCOCC2)cc1. The van der Waals surface area contributed by atoms with E-state index in [1.165, 1.54) is 5.56 Å². The van der Waals surface area contributed by atoms with E-state index in [0.29, 0.717) is 13.2 Å². The largest absolute Gasteiger partial charge is 0.494 e. The summed E-state index contributed by atoms with van der Waals surface area (Å²) in [6, 6.07) is 8.30. The van der Waals surface area contributed by atoms with Crippen molar-refractivity contribution in [2.75, 3.05) is 32.9 Å². The highest BCUT2D eigenvalue weighted by Crippen LogP contribution is 2.35. The van der Waals surface area contributed by atoms with E-state index >= 15 is 0 Å². The molecule has 2 heterocycles. The quantitative estimate of drug-likeness (QED) is 0.830. The molecular weight excluding hydrogens is 316 g/mol. The van der Waals surface area contributed by atoms with Gasteiger partial charge in [-0.3, -0.25) is 4.79 Å². The number of hydrogen-bond donors (Lipinski definition) is 2. The first kappa shape index (κ1) is 18.2. The molecule has 1 aromatic carbocycles. The molecule has 2 fully saturated rings. The van der Waals surface area contributed by atoms with Gasteiger partial charge >= 0.3 is 0 Å². The normalized spacial score (nSPS) is 23.0. The first-order valence-corrected chi connectivity index (χ1v) is 9.56. The molecule has 0 saturated carbocycles. The van der Waals surface area contributed by atoms with Crippen LogP contribution in [0.5, 0.6) is 5.75 Å². The van der Waals surface area contributed by atoms with Crippen LogP contribution in [0.4, 0.5) is 0 Å². The lowest BCUT2D eigenvalue weighted by Crippen LogP contribution is -2.51. The fourth-order valence-electron chi connectivity index (χ4n) is 3.86. The van der Waals surface area contributed by atoms with Crippen molar-refractivity contribution in [2.24, 2.45) is 0 Å². The average Bonchev–Trinajstić information content (AvgIpc) is 2.68. The van der Waals surface area contributed by atoms with Gasteiger partial charge in [0.25, 0.3) is 0 Å². The predicted molar refractivity (Wildman–Crippen MR) is 98.0 cm³/mol. The summed E-state index contributed by atoms with van der Waals surface area (Å²) < 4.78 is 11.1. The fourth-order valence-corrected chi connectivity index (χ4v) is 3.86. The zero-order valence-corrected chi connectivity index (χ0v) is 15.2. The number of carbonyl (C=O) groups is 1. The van der Waals surface area contributed by atoms with E-state index < -0.39 is 0 Å². The van der Waals surface area contributed by atoms with Crippen molar-refractivity contribution in [1.82, 2.24) is 10.6 Å². The van der Waals surface area contributed by atoms with Crippen molar-refractivity contribution < 1.29 is 14.3 Å². The lowest BCUT2D eigenvalue weighted by molar-refractivity contribution is -0.124. The van der Waals surface area contributed by atoms with E-state index in [4.69, 9.17) is 9.47 Å². The molecule has 2 aliphatic rings. The van der Waals surface area contributed by atoms with Crippen LogP contribution >= 0.6 is 0 Å². The Hall–Kier alpha value is -1.59. The van der Waals surface area contributed by atoms with Crippen molar-refractivity contribution in [3.63, 3.8) is 0 Å². The maximum Gasteiger partial charge on any atom is 0.237 e. The van der Waals surface area contributed by atoms with Gasteiger partial charge < -0.3 is 20.1 Å². The summed E-state index contributed by atoms with van der Waals surface area (Å²) in [4.78, 5) is 12.5. The van der Waals surface area contributed by atoms with Crippen LogP contribution in [0.25, 0.3) is 0 Å². The molecule has 1 atom stereocenters. The monoisotopic (exact) mass is 346 g/mol. The molecule has 0 aliphatic carbocycles. The standard InChI is InChI=1S/C20H30N2O3/c1-2-25-17-8-6-16(7-9-17)20(10-13-24-14-11-20)15-22-19(23)18-5-3-4-12-21-18/h6-9,18,21H,2-5,10-15H2,1H3,(H,22,23). The van der Waals surface area contributed by atoms with Crippen LogP contribution in [0.3, 0.4) is 0 Å². The summed E-state index contributed by atoms with van der Waals surface area (Å²) >= 11 is 0. The second-order valence-corrected chi connectivity index (χ2v) is 7.07. The highest BCUT2D eigenvalue weighted by Gasteiger charge is 2.35. The highest BCUT2D eigenvalue weighted by atomic mass is 16.5. The number of piperidine rings is 1. The Bertz CT molecular complexity index is 547. The highest BCUT2D eigenvalue weighted by molar-refractivity contribution is 5.81. The van der Waals surface area contributed by atoms with Crippen LogP contribution in [-0.4, -0.2) is 44.9 Å². The first-order chi connectivity index (χ1) is 12.2. The first-order valence-electron chi connectivity index (χ1n) is 9.56. The number of ether oxygens (including phenoxy) is 2. The molecule has 138 valence electrons. The topological polar surface area (TPSA) is 59.6 Å². The minimum Gasteiger partial charge on any atom is -0.494 e. The second kappa shape index (κ2) is 8.68. The van der Waals surface area contributed by atoms with Gasteiger partial charge in [0.15, 0.2) is 0 Å². The Kier molecular flexibility index (Phi) is 6.32. The second-order valence-electron chi connectivity index (χ2n) is 7.07. The van der Waals surface area contributed by atoms with Crippen LogP contribution in [0, 0.1) is 0 Å². The Morgan fingerprint density at radius 2 is 2.04 bits per heavy atom. The summed E-state index contributed by atoms with van der Waals surface area (Å²) in [6.45, 7) is 5.75. The zero-order chi connectivity index (χ0) is 17.5. The molecule has 3 rings (SSSR count). The molecule has 2 aliphatic heterocycles. The van der Waals surface area contributed by atoms with Gasteiger partial charge in [-0.05, 0) is 56.8 Å². The van der Waals surface area contributed by atoms with Crippen LogP contribution in [0.1, 0.15) is 44.6 Å². The average molecular weight is 346 g/mol. The van der Waals surface area contributed by atoms with Crippen molar-refractivity contribution in [2.45, 2.75) is 50.5 Å². The third-order valence-corrected chi connectivity index (χ3v) is 5.46. The van der Waals surface area contributed by atoms with Gasteiger partial charge in [-0.15, -0.1) is 0 Å². The minimum absolute atomic E-state index is 0.0361. The van der Waals surface area contributed by atoms with Gasteiger partial charge in [0.05, 0.1) is 12.6 Å². The lowest BCUT2D eigenvalue weighted by Gasteiger charge is -2.38. The molecule has 2 saturated heterocycles. The summed E-state index contributed by atoms with van der Waals surface area (Å²) in [5, 5.41) is 6.54. The van der Waals surface area contributed by atoms with Gasteiger partial charge in [0.1, 0.15) is 5.75 Å². The number of nitrogens with one attached hydrogen (secondary N) is 2. The number of rotatable bonds is 6. The van der Waals surface area contributed by atoms with Crippen LogP contribution in [0.2, 0.25) is 0 Å². The van der Waals surface area contributed by atoms with Crippen molar-refractivity contribution in [1.29, 1.82) is 0 Å². The molecular formula is C20H30N2O3. The molecule has 0 bridgehead atoms. The molecule has 5 heteroatoms.